The fraction of sp³-hybridized carbons (Fsp3) is 0.385. The maximum atomic E-state index is 11.9. The van der Waals surface area contributed by atoms with E-state index in [1.165, 1.54) is 0 Å². The Morgan fingerprint density at radius 3 is 3.28 bits per heavy atom. The molecule has 1 saturated heterocycles. The number of nitrogens with zero attached hydrogens (tertiary/aromatic N) is 1. The van der Waals surface area contributed by atoms with Crippen LogP contribution in [0.2, 0.25) is 0 Å². The number of allylic oxidation sites excluding steroid dienone is 1. The number of hydrogen-bond donors (Lipinski definition) is 2. The number of H-pyrrole nitrogens is 1. The number of carbonyl (C=O) groups excluding carboxylic acids is 1. The van der Waals surface area contributed by atoms with E-state index in [9.17, 15) is 4.79 Å². The Morgan fingerprint density at radius 1 is 1.50 bits per heavy atom. The Balaban J connectivity index is 1.93. The first kappa shape index (κ1) is 10.1. The van der Waals surface area contributed by atoms with Gasteiger partial charge in [0.2, 0.25) is 5.78 Å². The summed E-state index contributed by atoms with van der Waals surface area (Å²) in [5.41, 5.74) is 3.70. The lowest BCUT2D eigenvalue weighted by atomic mass is 9.90. The van der Waals surface area contributed by atoms with Gasteiger partial charge < -0.3 is 14.6 Å². The Bertz CT molecular complexity index is 599. The minimum absolute atomic E-state index is 0.0529. The maximum absolute atomic E-state index is 11.9. The standard InChI is InChI=1S/C13H13N3O2/c14-8-5-9-11-7(6-15-12(11)13(8)17)4-10-16(9)2-1-3-18-10/h5-6,10,14-15H,1-4H2. The van der Waals surface area contributed by atoms with Crippen LogP contribution in [-0.2, 0) is 11.2 Å². The highest BCUT2D eigenvalue weighted by atomic mass is 16.5. The Morgan fingerprint density at radius 2 is 2.39 bits per heavy atom. The molecule has 1 unspecified atom stereocenters. The highest BCUT2D eigenvalue weighted by Gasteiger charge is 2.38. The summed E-state index contributed by atoms with van der Waals surface area (Å²) in [6, 6.07) is 0. The molecule has 1 fully saturated rings. The van der Waals surface area contributed by atoms with Crippen molar-refractivity contribution >= 4 is 17.2 Å². The zero-order chi connectivity index (χ0) is 12.3. The van der Waals surface area contributed by atoms with Crippen molar-refractivity contribution in [2.45, 2.75) is 19.1 Å². The number of aromatic amines is 1. The van der Waals surface area contributed by atoms with Gasteiger partial charge in [0.05, 0.1) is 18.0 Å². The third kappa shape index (κ3) is 1.14. The van der Waals surface area contributed by atoms with Crippen LogP contribution >= 0.6 is 0 Å². The molecule has 2 aliphatic heterocycles. The van der Waals surface area contributed by atoms with Gasteiger partial charge in [-0.2, -0.15) is 0 Å². The molecule has 18 heavy (non-hydrogen) atoms. The molecule has 0 aromatic carbocycles. The lowest BCUT2D eigenvalue weighted by molar-refractivity contribution is -0.0682. The molecule has 0 bridgehead atoms. The number of fused-ring (bicyclic) bond motifs is 2. The number of hydrogen-bond acceptors (Lipinski definition) is 4. The van der Waals surface area contributed by atoms with Crippen LogP contribution in [0.4, 0.5) is 0 Å². The number of nitrogens with one attached hydrogen (secondary N) is 2. The number of rotatable bonds is 0. The van der Waals surface area contributed by atoms with Gasteiger partial charge in [0.15, 0.2) is 0 Å². The van der Waals surface area contributed by atoms with E-state index >= 15 is 0 Å². The first-order chi connectivity index (χ1) is 8.75. The number of ether oxygens (including phenoxy) is 1. The van der Waals surface area contributed by atoms with Crippen molar-refractivity contribution in [3.8, 4) is 0 Å². The van der Waals surface area contributed by atoms with E-state index in [0.717, 1.165) is 42.8 Å². The Hall–Kier alpha value is -1.88. The van der Waals surface area contributed by atoms with E-state index in [2.05, 4.69) is 9.88 Å². The quantitative estimate of drug-likeness (QED) is 0.718. The molecule has 3 heterocycles. The molecule has 0 saturated carbocycles. The fourth-order valence-electron chi connectivity index (χ4n) is 3.05. The summed E-state index contributed by atoms with van der Waals surface area (Å²) in [5.74, 6) is -0.212. The monoisotopic (exact) mass is 243 g/mol. The van der Waals surface area contributed by atoms with Crippen molar-refractivity contribution in [3.05, 3.63) is 29.1 Å². The molecule has 0 spiro atoms. The van der Waals surface area contributed by atoms with Crippen LogP contribution < -0.4 is 0 Å². The minimum atomic E-state index is -0.212. The highest BCUT2D eigenvalue weighted by Crippen LogP contribution is 2.38. The van der Waals surface area contributed by atoms with Gasteiger partial charge in [-0.15, -0.1) is 0 Å². The molecule has 0 amide bonds. The van der Waals surface area contributed by atoms with Crippen molar-refractivity contribution < 1.29 is 9.53 Å². The van der Waals surface area contributed by atoms with Crippen molar-refractivity contribution in [2.24, 2.45) is 0 Å². The predicted molar refractivity (Wildman–Crippen MR) is 65.6 cm³/mol. The highest BCUT2D eigenvalue weighted by molar-refractivity contribution is 6.51. The summed E-state index contributed by atoms with van der Waals surface area (Å²) < 4.78 is 5.78. The average molecular weight is 243 g/mol. The summed E-state index contributed by atoms with van der Waals surface area (Å²) in [6.07, 6.45) is 5.42. The molecule has 1 aromatic heterocycles. The molecular weight excluding hydrogens is 230 g/mol. The largest absolute Gasteiger partial charge is 0.358 e. The van der Waals surface area contributed by atoms with Gasteiger partial charge in [-0.05, 0) is 18.1 Å². The van der Waals surface area contributed by atoms with Crippen LogP contribution in [0.1, 0.15) is 28.0 Å². The molecule has 4 rings (SSSR count). The van der Waals surface area contributed by atoms with E-state index in [1.54, 1.807) is 6.08 Å². The van der Waals surface area contributed by atoms with Crippen LogP contribution in [0.25, 0.3) is 5.70 Å². The van der Waals surface area contributed by atoms with E-state index in [0.29, 0.717) is 5.69 Å². The molecule has 92 valence electrons. The molecule has 2 N–H and O–H groups in total. The molecule has 1 aromatic rings. The van der Waals surface area contributed by atoms with Crippen LogP contribution in [0.5, 0.6) is 0 Å². The predicted octanol–water partition coefficient (Wildman–Crippen LogP) is 1.18. The molecular formula is C13H13N3O2. The van der Waals surface area contributed by atoms with Gasteiger partial charge in [-0.3, -0.25) is 10.2 Å². The van der Waals surface area contributed by atoms with Crippen LogP contribution in [-0.4, -0.2) is 40.8 Å². The Labute approximate surface area is 104 Å². The molecule has 1 aliphatic carbocycles. The summed E-state index contributed by atoms with van der Waals surface area (Å²) >= 11 is 0. The lowest BCUT2D eigenvalue weighted by Crippen LogP contribution is -2.46. The van der Waals surface area contributed by atoms with Crippen molar-refractivity contribution in [3.63, 3.8) is 0 Å². The first-order valence-corrected chi connectivity index (χ1v) is 6.19. The van der Waals surface area contributed by atoms with Crippen molar-refractivity contribution in [1.82, 2.24) is 9.88 Å². The van der Waals surface area contributed by atoms with Gasteiger partial charge in [0, 0.05) is 24.7 Å². The summed E-state index contributed by atoms with van der Waals surface area (Å²) in [6.45, 7) is 1.72. The van der Waals surface area contributed by atoms with Crippen LogP contribution in [0, 0.1) is 5.41 Å². The van der Waals surface area contributed by atoms with Crippen molar-refractivity contribution in [1.29, 1.82) is 5.41 Å². The fourth-order valence-corrected chi connectivity index (χ4v) is 3.05. The summed E-state index contributed by atoms with van der Waals surface area (Å²) in [4.78, 5) is 17.1. The second kappa shape index (κ2) is 3.32. The van der Waals surface area contributed by atoms with Crippen LogP contribution in [0.15, 0.2) is 12.3 Å². The second-order valence-corrected chi connectivity index (χ2v) is 4.91. The lowest BCUT2D eigenvalue weighted by Gasteiger charge is -2.43. The van der Waals surface area contributed by atoms with Gasteiger partial charge in [0.1, 0.15) is 11.9 Å². The van der Waals surface area contributed by atoms with Gasteiger partial charge in [0.25, 0.3) is 0 Å². The normalized spacial score (nSPS) is 25.7. The van der Waals surface area contributed by atoms with E-state index < -0.39 is 0 Å². The summed E-state index contributed by atoms with van der Waals surface area (Å²) in [7, 11) is 0. The molecule has 0 radical (unpaired) electrons. The van der Waals surface area contributed by atoms with Crippen molar-refractivity contribution in [2.75, 3.05) is 13.2 Å². The zero-order valence-corrected chi connectivity index (χ0v) is 9.82. The molecule has 3 aliphatic rings. The smallest absolute Gasteiger partial charge is 0.227 e. The third-order valence-corrected chi connectivity index (χ3v) is 3.88. The minimum Gasteiger partial charge on any atom is -0.358 e. The number of ketones is 1. The number of carbonyl (C=O) groups is 1. The molecule has 5 nitrogen and oxygen atoms in total. The van der Waals surface area contributed by atoms with Gasteiger partial charge in [-0.25, -0.2) is 0 Å². The van der Waals surface area contributed by atoms with Gasteiger partial charge >= 0.3 is 0 Å². The molecule has 5 heteroatoms. The SMILES string of the molecule is N=C1C=C2c3c(c[nH]c3C1=O)CC1OCCCN21. The molecule has 1 atom stereocenters. The first-order valence-electron chi connectivity index (χ1n) is 6.19. The Kier molecular flexibility index (Phi) is 1.86. The topological polar surface area (TPSA) is 69.2 Å². The number of Topliss-reactive ketones (excluding diaryl/α,β-unsaturated/α-hetero) is 1. The maximum Gasteiger partial charge on any atom is 0.227 e. The average Bonchev–Trinajstić information content (AvgIpc) is 2.80. The third-order valence-electron chi connectivity index (χ3n) is 3.88. The second-order valence-electron chi connectivity index (χ2n) is 4.91. The van der Waals surface area contributed by atoms with E-state index in [1.807, 2.05) is 6.20 Å². The van der Waals surface area contributed by atoms with E-state index in [-0.39, 0.29) is 17.7 Å². The zero-order valence-electron chi connectivity index (χ0n) is 9.82. The van der Waals surface area contributed by atoms with E-state index in [4.69, 9.17) is 10.1 Å². The number of aromatic nitrogens is 1. The summed E-state index contributed by atoms with van der Waals surface area (Å²) in [5, 5.41) is 7.79. The van der Waals surface area contributed by atoms with Gasteiger partial charge in [-0.1, -0.05) is 0 Å². The van der Waals surface area contributed by atoms with Crippen LogP contribution in [0.3, 0.4) is 0 Å².